The molecule has 0 aromatic rings. The van der Waals surface area contributed by atoms with E-state index < -0.39 is 0 Å². The van der Waals surface area contributed by atoms with Gasteiger partial charge >= 0.3 is 5.97 Å². The summed E-state index contributed by atoms with van der Waals surface area (Å²) in [7, 11) is 0. The van der Waals surface area contributed by atoms with Crippen molar-refractivity contribution in [3.8, 4) is 0 Å². The van der Waals surface area contributed by atoms with Crippen molar-refractivity contribution in [2.24, 2.45) is 0 Å². The quantitative estimate of drug-likeness (QED) is 0.109. The van der Waals surface area contributed by atoms with Crippen LogP contribution in [0.4, 0.5) is 0 Å². The molecule has 3 nitrogen and oxygen atoms in total. The summed E-state index contributed by atoms with van der Waals surface area (Å²) < 4.78 is 11.6. The number of rotatable bonds is 20. The first kappa shape index (κ1) is 28.2. The van der Waals surface area contributed by atoms with E-state index in [1.807, 2.05) is 0 Å². The van der Waals surface area contributed by atoms with Crippen LogP contribution >= 0.6 is 0 Å². The van der Waals surface area contributed by atoms with Gasteiger partial charge in [-0.2, -0.15) is 0 Å². The molecule has 1 aliphatic rings. The molecule has 0 amide bonds. The molecule has 31 heavy (non-hydrogen) atoms. The van der Waals surface area contributed by atoms with Crippen molar-refractivity contribution in [2.75, 3.05) is 6.61 Å². The zero-order valence-corrected chi connectivity index (χ0v) is 20.9. The molecule has 0 aromatic carbocycles. The van der Waals surface area contributed by atoms with Gasteiger partial charge in [-0.25, -0.2) is 4.79 Å². The molecule has 0 radical (unpaired) electrons. The van der Waals surface area contributed by atoms with Crippen LogP contribution in [0, 0.1) is 0 Å². The first-order valence-electron chi connectivity index (χ1n) is 13.6. The van der Waals surface area contributed by atoms with Crippen LogP contribution in [0.5, 0.6) is 0 Å². The highest BCUT2D eigenvalue weighted by Gasteiger charge is 2.25. The lowest BCUT2D eigenvalue weighted by Gasteiger charge is -2.29. The highest BCUT2D eigenvalue weighted by molar-refractivity contribution is 5.87. The summed E-state index contributed by atoms with van der Waals surface area (Å²) in [5.41, 5.74) is 0.483. The van der Waals surface area contributed by atoms with Crippen LogP contribution in [0.3, 0.4) is 0 Å². The molecule has 1 saturated carbocycles. The van der Waals surface area contributed by atoms with Crippen molar-refractivity contribution in [1.82, 2.24) is 0 Å². The van der Waals surface area contributed by atoms with Crippen LogP contribution in [-0.2, 0) is 14.3 Å². The number of carbonyl (C=O) groups is 1. The summed E-state index contributed by atoms with van der Waals surface area (Å²) in [5.74, 6) is -0.261. The maximum Gasteiger partial charge on any atom is 0.333 e. The number of hydrogen-bond donors (Lipinski definition) is 0. The van der Waals surface area contributed by atoms with Gasteiger partial charge in [0, 0.05) is 18.6 Å². The van der Waals surface area contributed by atoms with Crippen molar-refractivity contribution in [2.45, 2.75) is 154 Å². The molecule has 0 saturated heterocycles. The highest BCUT2D eigenvalue weighted by atomic mass is 16.5. The normalized spacial score (nSPS) is 18.8. The van der Waals surface area contributed by atoms with Gasteiger partial charge < -0.3 is 9.47 Å². The standard InChI is InChI=1S/C28H52O3/c1-4-5-6-7-8-9-10-11-12-13-14-15-16-17-18-19-23-30-26-21-20-22-27(24-26)31-28(29)25(2)3/h26-27H,2,4-24H2,1,3H3. The summed E-state index contributed by atoms with van der Waals surface area (Å²) in [6.07, 6.45) is 26.5. The average molecular weight is 437 g/mol. The minimum atomic E-state index is -0.261. The molecule has 0 N–H and O–H groups in total. The number of hydrogen-bond acceptors (Lipinski definition) is 3. The number of unbranched alkanes of at least 4 members (excludes halogenated alkanes) is 15. The van der Waals surface area contributed by atoms with E-state index in [-0.39, 0.29) is 18.2 Å². The first-order chi connectivity index (χ1) is 15.1. The van der Waals surface area contributed by atoms with E-state index >= 15 is 0 Å². The SMILES string of the molecule is C=C(C)C(=O)OC1CCCC(OCCCCCCCCCCCCCCCCCC)C1. The molecule has 1 aliphatic carbocycles. The Balaban J connectivity index is 1.82. The molecule has 0 aliphatic heterocycles. The van der Waals surface area contributed by atoms with E-state index in [1.165, 1.54) is 96.3 Å². The van der Waals surface area contributed by atoms with Crippen LogP contribution in [0.1, 0.15) is 142 Å². The van der Waals surface area contributed by atoms with Crippen molar-refractivity contribution in [3.05, 3.63) is 12.2 Å². The third-order valence-electron chi connectivity index (χ3n) is 6.55. The van der Waals surface area contributed by atoms with Gasteiger partial charge in [-0.15, -0.1) is 0 Å². The fourth-order valence-electron chi connectivity index (χ4n) is 4.51. The average Bonchev–Trinajstić information content (AvgIpc) is 2.76. The van der Waals surface area contributed by atoms with Crippen LogP contribution in [0.15, 0.2) is 12.2 Å². The second-order valence-corrected chi connectivity index (χ2v) is 9.77. The topological polar surface area (TPSA) is 35.5 Å². The van der Waals surface area contributed by atoms with Gasteiger partial charge in [-0.3, -0.25) is 0 Å². The third kappa shape index (κ3) is 16.5. The van der Waals surface area contributed by atoms with Gasteiger partial charge in [-0.05, 0) is 32.6 Å². The lowest BCUT2D eigenvalue weighted by atomic mass is 9.95. The Hall–Kier alpha value is -0.830. The molecule has 0 heterocycles. The fourth-order valence-corrected chi connectivity index (χ4v) is 4.51. The Bertz CT molecular complexity index is 446. The van der Waals surface area contributed by atoms with E-state index in [1.54, 1.807) is 6.92 Å². The lowest BCUT2D eigenvalue weighted by Crippen LogP contribution is -2.30. The predicted octanol–water partition coefficient (Wildman–Crippen LogP) is 8.70. The van der Waals surface area contributed by atoms with Crippen LogP contribution in [0.2, 0.25) is 0 Å². The van der Waals surface area contributed by atoms with Gasteiger partial charge in [0.15, 0.2) is 0 Å². The van der Waals surface area contributed by atoms with Gasteiger partial charge in [-0.1, -0.05) is 110 Å². The van der Waals surface area contributed by atoms with Crippen molar-refractivity contribution < 1.29 is 14.3 Å². The van der Waals surface area contributed by atoms with Gasteiger partial charge in [0.25, 0.3) is 0 Å². The van der Waals surface area contributed by atoms with Gasteiger partial charge in [0.05, 0.1) is 6.10 Å². The highest BCUT2D eigenvalue weighted by Crippen LogP contribution is 2.24. The van der Waals surface area contributed by atoms with E-state index in [0.29, 0.717) is 5.57 Å². The van der Waals surface area contributed by atoms with Crippen LogP contribution in [-0.4, -0.2) is 24.8 Å². The van der Waals surface area contributed by atoms with Crippen molar-refractivity contribution >= 4 is 5.97 Å². The first-order valence-corrected chi connectivity index (χ1v) is 13.6. The Kier molecular flexibility index (Phi) is 18.0. The number of ether oxygens (including phenoxy) is 2. The third-order valence-corrected chi connectivity index (χ3v) is 6.55. The molecule has 2 atom stereocenters. The molecular weight excluding hydrogens is 384 g/mol. The van der Waals surface area contributed by atoms with E-state index in [2.05, 4.69) is 13.5 Å². The van der Waals surface area contributed by atoms with Crippen LogP contribution < -0.4 is 0 Å². The van der Waals surface area contributed by atoms with E-state index in [4.69, 9.17) is 9.47 Å². The van der Waals surface area contributed by atoms with E-state index in [0.717, 1.165) is 38.7 Å². The molecule has 1 fully saturated rings. The molecule has 182 valence electrons. The number of esters is 1. The van der Waals surface area contributed by atoms with Crippen molar-refractivity contribution in [3.63, 3.8) is 0 Å². The summed E-state index contributed by atoms with van der Waals surface area (Å²) in [6.45, 7) is 8.50. The zero-order chi connectivity index (χ0) is 22.6. The Labute approximate surface area is 193 Å². The Morgan fingerprint density at radius 2 is 1.19 bits per heavy atom. The predicted molar refractivity (Wildman–Crippen MR) is 132 cm³/mol. The Morgan fingerprint density at radius 1 is 0.742 bits per heavy atom. The minimum Gasteiger partial charge on any atom is -0.459 e. The molecule has 0 aromatic heterocycles. The maximum atomic E-state index is 11.7. The molecule has 1 rings (SSSR count). The summed E-state index contributed by atoms with van der Waals surface area (Å²) in [4.78, 5) is 11.7. The van der Waals surface area contributed by atoms with Crippen molar-refractivity contribution in [1.29, 1.82) is 0 Å². The monoisotopic (exact) mass is 436 g/mol. The lowest BCUT2D eigenvalue weighted by molar-refractivity contribution is -0.148. The summed E-state index contributed by atoms with van der Waals surface area (Å²) in [6, 6.07) is 0. The second-order valence-electron chi connectivity index (χ2n) is 9.77. The fraction of sp³-hybridized carbons (Fsp3) is 0.893. The van der Waals surface area contributed by atoms with Gasteiger partial charge in [0.2, 0.25) is 0 Å². The summed E-state index contributed by atoms with van der Waals surface area (Å²) >= 11 is 0. The Morgan fingerprint density at radius 3 is 1.68 bits per heavy atom. The largest absolute Gasteiger partial charge is 0.459 e. The smallest absolute Gasteiger partial charge is 0.333 e. The summed E-state index contributed by atoms with van der Waals surface area (Å²) in [5, 5.41) is 0. The van der Waals surface area contributed by atoms with Crippen LogP contribution in [0.25, 0.3) is 0 Å². The number of carbonyl (C=O) groups excluding carboxylic acids is 1. The molecule has 0 spiro atoms. The molecule has 0 bridgehead atoms. The van der Waals surface area contributed by atoms with E-state index in [9.17, 15) is 4.79 Å². The molecular formula is C28H52O3. The molecule has 2 unspecified atom stereocenters. The minimum absolute atomic E-state index is 0.00810. The second kappa shape index (κ2) is 19.8. The van der Waals surface area contributed by atoms with Gasteiger partial charge in [0.1, 0.15) is 6.10 Å². The molecule has 3 heteroatoms. The maximum absolute atomic E-state index is 11.7. The zero-order valence-electron chi connectivity index (χ0n) is 20.9.